The minimum absolute atomic E-state index is 0.166. The Kier molecular flexibility index (Phi) is 5.43. The summed E-state index contributed by atoms with van der Waals surface area (Å²) in [6.45, 7) is 5.36. The van der Waals surface area contributed by atoms with E-state index in [1.807, 2.05) is 18.4 Å². The molecule has 1 fully saturated rings. The second-order valence-electron chi connectivity index (χ2n) is 8.26. The molecular weight excluding hydrogens is 344 g/mol. The molecule has 0 radical (unpaired) electrons. The van der Waals surface area contributed by atoms with Gasteiger partial charge in [-0.2, -0.15) is 5.26 Å². The summed E-state index contributed by atoms with van der Waals surface area (Å²) in [7, 11) is 0. The third-order valence-electron chi connectivity index (χ3n) is 6.51. The number of allylic oxidation sites excluding steroid dienone is 7. The smallest absolute Gasteiger partial charge is 0.107 e. The predicted octanol–water partition coefficient (Wildman–Crippen LogP) is 4.52. The number of rotatable bonds is 3. The van der Waals surface area contributed by atoms with Gasteiger partial charge in [0.1, 0.15) is 6.67 Å². The lowest BCUT2D eigenvalue weighted by atomic mass is 9.70. The van der Waals surface area contributed by atoms with E-state index in [1.54, 1.807) is 0 Å². The van der Waals surface area contributed by atoms with Crippen LogP contribution in [0.3, 0.4) is 0 Å². The lowest BCUT2D eigenvalue weighted by Gasteiger charge is -2.37. The number of aliphatic imine (C=N–C) groups is 2. The molecule has 28 heavy (non-hydrogen) atoms. The number of hydrogen-bond acceptors (Lipinski definition) is 4. The Morgan fingerprint density at radius 3 is 2.93 bits per heavy atom. The normalized spacial score (nSPS) is 34.5. The van der Waals surface area contributed by atoms with Crippen molar-refractivity contribution < 1.29 is 0 Å². The number of hydrogen-bond donors (Lipinski definition) is 1. The highest BCUT2D eigenvalue weighted by atomic mass is 15.0. The zero-order chi connectivity index (χ0) is 19.5. The first-order chi connectivity index (χ1) is 13.7. The molecule has 0 aromatic heterocycles. The van der Waals surface area contributed by atoms with Crippen molar-refractivity contribution in [1.82, 2.24) is 5.32 Å². The van der Waals surface area contributed by atoms with Crippen molar-refractivity contribution in [2.24, 2.45) is 33.7 Å². The zero-order valence-corrected chi connectivity index (χ0v) is 16.7. The van der Waals surface area contributed by atoms with Crippen LogP contribution in [0.25, 0.3) is 0 Å². The minimum Gasteiger partial charge on any atom is -0.372 e. The summed E-state index contributed by atoms with van der Waals surface area (Å²) in [6, 6.07) is 2.51. The second kappa shape index (κ2) is 8.14. The Balaban J connectivity index is 1.44. The van der Waals surface area contributed by atoms with E-state index < -0.39 is 0 Å². The molecule has 1 N–H and O–H groups in total. The average Bonchev–Trinajstić information content (AvgIpc) is 2.74. The van der Waals surface area contributed by atoms with E-state index >= 15 is 0 Å². The van der Waals surface area contributed by atoms with E-state index in [0.29, 0.717) is 24.4 Å². The van der Waals surface area contributed by atoms with Gasteiger partial charge in [0.15, 0.2) is 0 Å². The van der Waals surface area contributed by atoms with Crippen LogP contribution in [-0.2, 0) is 0 Å². The van der Waals surface area contributed by atoms with E-state index in [0.717, 1.165) is 24.8 Å². The average molecular weight is 373 g/mol. The molecule has 4 nitrogen and oxygen atoms in total. The predicted molar refractivity (Wildman–Crippen MR) is 115 cm³/mol. The van der Waals surface area contributed by atoms with Crippen LogP contribution in [0.15, 0.2) is 69.4 Å². The topological polar surface area (TPSA) is 60.5 Å². The molecule has 2 heterocycles. The van der Waals surface area contributed by atoms with Crippen LogP contribution in [-0.4, -0.2) is 24.6 Å². The molecule has 4 heteroatoms. The van der Waals surface area contributed by atoms with E-state index in [2.05, 4.69) is 55.7 Å². The lowest BCUT2D eigenvalue weighted by Crippen LogP contribution is -2.36. The van der Waals surface area contributed by atoms with Crippen LogP contribution >= 0.6 is 0 Å². The van der Waals surface area contributed by atoms with Gasteiger partial charge in [0.05, 0.1) is 12.1 Å². The molecule has 144 valence electrons. The van der Waals surface area contributed by atoms with E-state index in [4.69, 9.17) is 9.98 Å². The van der Waals surface area contributed by atoms with E-state index in [9.17, 15) is 5.26 Å². The van der Waals surface area contributed by atoms with Crippen LogP contribution in [0.4, 0.5) is 0 Å². The highest BCUT2D eigenvalue weighted by molar-refractivity contribution is 6.04. The molecule has 4 aliphatic rings. The van der Waals surface area contributed by atoms with Crippen LogP contribution in [0.1, 0.15) is 33.1 Å². The molecular formula is C24H28N4. The molecule has 2 aliphatic heterocycles. The number of dihydropyridines is 1. The van der Waals surface area contributed by atoms with Crippen molar-refractivity contribution in [3.63, 3.8) is 0 Å². The van der Waals surface area contributed by atoms with Gasteiger partial charge >= 0.3 is 0 Å². The number of fused-ring (bicyclic) bond motifs is 1. The van der Waals surface area contributed by atoms with Gasteiger partial charge in [0.25, 0.3) is 0 Å². The molecule has 5 atom stereocenters. The van der Waals surface area contributed by atoms with Gasteiger partial charge < -0.3 is 5.32 Å². The first-order valence-electron chi connectivity index (χ1n) is 10.3. The van der Waals surface area contributed by atoms with Crippen LogP contribution in [0, 0.1) is 35.0 Å². The Bertz CT molecular complexity index is 875. The maximum absolute atomic E-state index is 9.36. The summed E-state index contributed by atoms with van der Waals surface area (Å²) < 4.78 is 0. The second-order valence-corrected chi connectivity index (χ2v) is 8.26. The van der Waals surface area contributed by atoms with Crippen LogP contribution in [0.2, 0.25) is 0 Å². The van der Waals surface area contributed by atoms with E-state index in [-0.39, 0.29) is 12.0 Å². The largest absolute Gasteiger partial charge is 0.372 e. The molecule has 0 amide bonds. The molecule has 0 spiro atoms. The summed E-state index contributed by atoms with van der Waals surface area (Å²) >= 11 is 0. The molecule has 0 saturated heterocycles. The fraction of sp³-hybridized carbons (Fsp3) is 0.458. The Morgan fingerprint density at radius 2 is 2.14 bits per heavy atom. The van der Waals surface area contributed by atoms with Gasteiger partial charge in [-0.05, 0) is 48.3 Å². The zero-order valence-electron chi connectivity index (χ0n) is 16.7. The minimum atomic E-state index is 0.166. The molecule has 1 saturated carbocycles. The number of nitriles is 1. The van der Waals surface area contributed by atoms with Crippen molar-refractivity contribution in [2.75, 3.05) is 6.67 Å². The van der Waals surface area contributed by atoms with Gasteiger partial charge in [-0.3, -0.25) is 9.98 Å². The fourth-order valence-electron chi connectivity index (χ4n) is 4.58. The van der Waals surface area contributed by atoms with Gasteiger partial charge in [0, 0.05) is 35.5 Å². The van der Waals surface area contributed by atoms with Gasteiger partial charge in [-0.15, -0.1) is 0 Å². The summed E-state index contributed by atoms with van der Waals surface area (Å²) in [5.41, 5.74) is 4.63. The molecule has 4 unspecified atom stereocenters. The van der Waals surface area contributed by atoms with Gasteiger partial charge in [-0.25, -0.2) is 0 Å². The fourth-order valence-corrected chi connectivity index (χ4v) is 4.58. The molecule has 4 rings (SSSR count). The summed E-state index contributed by atoms with van der Waals surface area (Å²) in [5.74, 6) is 1.77. The molecule has 0 aromatic carbocycles. The highest BCUT2D eigenvalue weighted by Crippen LogP contribution is 2.37. The van der Waals surface area contributed by atoms with Crippen LogP contribution in [0.5, 0.6) is 0 Å². The molecule has 2 aliphatic carbocycles. The van der Waals surface area contributed by atoms with Gasteiger partial charge in [-0.1, -0.05) is 44.2 Å². The van der Waals surface area contributed by atoms with Crippen molar-refractivity contribution in [2.45, 2.75) is 39.2 Å². The Morgan fingerprint density at radius 1 is 1.25 bits per heavy atom. The first kappa shape index (κ1) is 18.7. The Hall–Kier alpha value is -2.67. The van der Waals surface area contributed by atoms with Crippen molar-refractivity contribution in [3.8, 4) is 6.07 Å². The number of nitrogens with one attached hydrogen (secondary N) is 1. The maximum atomic E-state index is 9.36. The third kappa shape index (κ3) is 3.67. The highest BCUT2D eigenvalue weighted by Gasteiger charge is 2.34. The van der Waals surface area contributed by atoms with Crippen molar-refractivity contribution in [3.05, 3.63) is 59.4 Å². The lowest BCUT2D eigenvalue weighted by molar-refractivity contribution is 0.332. The quantitative estimate of drug-likeness (QED) is 0.741. The Labute approximate surface area is 167 Å². The van der Waals surface area contributed by atoms with Crippen LogP contribution < -0.4 is 5.32 Å². The third-order valence-corrected chi connectivity index (χ3v) is 6.51. The summed E-state index contributed by atoms with van der Waals surface area (Å²) in [6.07, 6.45) is 19.9. The van der Waals surface area contributed by atoms with Crippen molar-refractivity contribution in [1.29, 1.82) is 5.26 Å². The summed E-state index contributed by atoms with van der Waals surface area (Å²) in [4.78, 5) is 9.54. The molecule has 0 aromatic rings. The van der Waals surface area contributed by atoms with Crippen molar-refractivity contribution >= 4 is 11.9 Å². The SMILES string of the molecule is CC1CC2=CNCN=C2C(/C=C/C2CC=C(C3CC=CC=C3C#N)C=N2)[C@@H]1C. The maximum Gasteiger partial charge on any atom is 0.107 e. The van der Waals surface area contributed by atoms with Gasteiger partial charge in [0.2, 0.25) is 0 Å². The number of nitrogens with zero attached hydrogens (tertiary/aromatic N) is 3. The first-order valence-corrected chi connectivity index (χ1v) is 10.3. The standard InChI is InChI=1S/C24H28N4/c1-16-11-20-13-26-15-28-24(20)22(17(16)2)10-9-21-8-7-19(14-27-21)23-6-4-3-5-18(23)12-25/h3-5,7,9-10,13-14,16-17,21-23,26H,6,8,11,15H2,1-2H3/b10-9+/t16?,17-,21?,22?,23?/m1/s1. The summed E-state index contributed by atoms with van der Waals surface area (Å²) in [5, 5.41) is 12.6. The monoisotopic (exact) mass is 372 g/mol. The van der Waals surface area contributed by atoms with E-state index in [1.165, 1.54) is 16.9 Å². The molecule has 0 bridgehead atoms.